The number of aliphatic imine (C=N–C) groups is 2. The Hall–Kier alpha value is -3.97. The molecule has 4 aromatic rings. The van der Waals surface area contributed by atoms with E-state index in [4.69, 9.17) is 22.6 Å². The van der Waals surface area contributed by atoms with Crippen molar-refractivity contribution in [1.82, 2.24) is 20.6 Å². The Labute approximate surface area is 342 Å². The van der Waals surface area contributed by atoms with Gasteiger partial charge >= 0.3 is 0 Å². The van der Waals surface area contributed by atoms with E-state index in [9.17, 15) is 0 Å². The molecule has 0 amide bonds. The van der Waals surface area contributed by atoms with Crippen molar-refractivity contribution < 1.29 is 0 Å². The Morgan fingerprint density at radius 1 is 0.727 bits per heavy atom. The summed E-state index contributed by atoms with van der Waals surface area (Å²) in [5, 5.41) is 13.4. The molecule has 5 aliphatic rings. The van der Waals surface area contributed by atoms with Crippen LogP contribution in [0.25, 0.3) is 11.1 Å². The zero-order valence-corrected chi connectivity index (χ0v) is 35.4. The van der Waals surface area contributed by atoms with Crippen molar-refractivity contribution in [1.29, 1.82) is 5.41 Å². The minimum atomic E-state index is -0.187. The summed E-state index contributed by atoms with van der Waals surface area (Å²) in [7, 11) is 0. The van der Waals surface area contributed by atoms with Gasteiger partial charge in [0.15, 0.2) is 0 Å². The smallest absolute Gasteiger partial charge is 0.115 e. The second-order valence-electron chi connectivity index (χ2n) is 15.7. The van der Waals surface area contributed by atoms with Gasteiger partial charge in [-0.1, -0.05) is 74.3 Å². The summed E-state index contributed by atoms with van der Waals surface area (Å²) in [5.41, 5.74) is 27.7. The molecule has 3 aliphatic carbocycles. The van der Waals surface area contributed by atoms with Crippen LogP contribution in [0.4, 0.5) is 0 Å². The maximum atomic E-state index is 6.28. The number of amidine groups is 3. The molecule has 2 aliphatic heterocycles. The summed E-state index contributed by atoms with van der Waals surface area (Å²) < 4.78 is 2.46. The summed E-state index contributed by atoms with van der Waals surface area (Å²) in [6.07, 6.45) is 15.0. The quantitative estimate of drug-likeness (QED) is 0.0969. The number of hydrogen-bond acceptors (Lipinski definition) is 9. The van der Waals surface area contributed by atoms with Crippen molar-refractivity contribution in [3.63, 3.8) is 0 Å². The molecule has 55 heavy (non-hydrogen) atoms. The van der Waals surface area contributed by atoms with E-state index in [1.807, 2.05) is 12.4 Å². The fourth-order valence-electron chi connectivity index (χ4n) is 8.50. The zero-order valence-electron chi connectivity index (χ0n) is 32.2. The molecule has 0 radical (unpaired) electrons. The Kier molecular flexibility index (Phi) is 12.9. The van der Waals surface area contributed by atoms with E-state index in [1.165, 1.54) is 61.2 Å². The van der Waals surface area contributed by atoms with Crippen LogP contribution in [-0.4, -0.2) is 63.7 Å². The van der Waals surface area contributed by atoms with Crippen LogP contribution in [0.2, 0.25) is 0 Å². The molecule has 2 spiro atoms. The highest BCUT2D eigenvalue weighted by Crippen LogP contribution is 2.37. The minimum absolute atomic E-state index is 0.142. The maximum absolute atomic E-state index is 6.28. The van der Waals surface area contributed by atoms with Gasteiger partial charge in [-0.3, -0.25) is 15.4 Å². The summed E-state index contributed by atoms with van der Waals surface area (Å²) in [6, 6.07) is 19.4. The molecule has 9 rings (SSSR count). The van der Waals surface area contributed by atoms with Crippen LogP contribution >= 0.6 is 31.9 Å². The van der Waals surface area contributed by atoms with E-state index >= 15 is 0 Å². The summed E-state index contributed by atoms with van der Waals surface area (Å²) in [5.74, 6) is 2.34. The first-order valence-electron chi connectivity index (χ1n) is 19.1. The highest BCUT2D eigenvalue weighted by Gasteiger charge is 2.39. The van der Waals surface area contributed by atoms with Crippen LogP contribution < -0.4 is 27.8 Å². The minimum Gasteiger partial charge on any atom is -0.388 e. The summed E-state index contributed by atoms with van der Waals surface area (Å²) >= 11 is 7.21. The second kappa shape index (κ2) is 17.4. The van der Waals surface area contributed by atoms with Gasteiger partial charge < -0.3 is 27.8 Å². The van der Waals surface area contributed by atoms with Crippen LogP contribution in [0.15, 0.2) is 92.2 Å². The van der Waals surface area contributed by atoms with Gasteiger partial charge in [-0.05, 0) is 130 Å². The van der Waals surface area contributed by atoms with E-state index in [-0.39, 0.29) is 22.5 Å². The molecular formula is C43H54Br2N10. The van der Waals surface area contributed by atoms with Crippen molar-refractivity contribution in [3.05, 3.63) is 116 Å². The van der Waals surface area contributed by atoms with Gasteiger partial charge in [0.1, 0.15) is 6.33 Å². The van der Waals surface area contributed by atoms with Gasteiger partial charge in [-0.25, -0.2) is 9.97 Å². The molecule has 1 aromatic heterocycles. The lowest BCUT2D eigenvalue weighted by molar-refractivity contribution is 0.361. The van der Waals surface area contributed by atoms with Gasteiger partial charge in [-0.2, -0.15) is 0 Å². The van der Waals surface area contributed by atoms with Crippen LogP contribution in [0, 0.1) is 5.41 Å². The molecule has 0 bridgehead atoms. The van der Waals surface area contributed by atoms with Gasteiger partial charge in [0.2, 0.25) is 0 Å². The van der Waals surface area contributed by atoms with Crippen molar-refractivity contribution in [2.45, 2.75) is 95.2 Å². The first-order chi connectivity index (χ1) is 26.3. The predicted octanol–water partition coefficient (Wildman–Crippen LogP) is 6.63. The predicted molar refractivity (Wildman–Crippen MR) is 233 cm³/mol. The molecule has 0 saturated heterocycles. The first kappa shape index (κ1) is 40.7. The average molecular weight is 871 g/mol. The monoisotopic (exact) mass is 868 g/mol. The van der Waals surface area contributed by atoms with Crippen LogP contribution in [0.5, 0.6) is 0 Å². The third-order valence-electron chi connectivity index (χ3n) is 11.3. The van der Waals surface area contributed by atoms with Crippen molar-refractivity contribution in [2.75, 3.05) is 19.6 Å². The Morgan fingerprint density at radius 3 is 1.67 bits per heavy atom. The topological polar surface area (TPSA) is 176 Å². The number of fused-ring (bicyclic) bond motifs is 3. The Morgan fingerprint density at radius 2 is 1.18 bits per heavy atom. The second-order valence-corrected chi connectivity index (χ2v) is 17.4. The number of rotatable bonds is 2. The lowest BCUT2D eigenvalue weighted by Gasteiger charge is -2.35. The highest BCUT2D eigenvalue weighted by atomic mass is 79.9. The lowest BCUT2D eigenvalue weighted by atomic mass is 9.76. The molecule has 0 saturated carbocycles. The molecule has 9 N–H and O–H groups in total. The number of nitrogens with zero attached hydrogens (tertiary/aromatic N) is 4. The van der Waals surface area contributed by atoms with Gasteiger partial charge in [0.25, 0.3) is 0 Å². The normalized spacial score (nSPS) is 24.1. The number of halogens is 2. The van der Waals surface area contributed by atoms with Crippen molar-refractivity contribution in [2.24, 2.45) is 27.2 Å². The molecular weight excluding hydrogens is 816 g/mol. The molecule has 3 aromatic carbocycles. The van der Waals surface area contributed by atoms with Gasteiger partial charge in [-0.15, -0.1) is 0 Å². The fourth-order valence-corrected chi connectivity index (χ4v) is 9.71. The van der Waals surface area contributed by atoms with Crippen molar-refractivity contribution in [3.8, 4) is 11.1 Å². The van der Waals surface area contributed by atoms with Gasteiger partial charge in [0.05, 0.1) is 41.7 Å². The van der Waals surface area contributed by atoms with E-state index in [2.05, 4.69) is 131 Å². The standard InChI is InChI=1S/C17H18N4.C13H15BrN2.C11H15BrN2.C2H6N2/c1-12-20-10-17(21-12)6-5-16-13(7-17)3-2-4-15(16)14-8-18-11-19-9-14;1-9-15-8-13(16-9)6-5-11-10(7-13)3-2-4-12(11)14;12-10-3-1-2-8-6-11(14,7-13)5-4-9(8)10;1-2(3)4/h2-4,8-9,11H,5-7,10H2,1H3,(H,20,21);2-4H,5-8H2,1H3,(H,15,16);1-3H,4-7,13-14H2;1H3,(H3,3,4). The number of aromatic nitrogens is 2. The largest absolute Gasteiger partial charge is 0.388 e. The first-order valence-corrected chi connectivity index (χ1v) is 20.7. The summed E-state index contributed by atoms with van der Waals surface area (Å²) in [4.78, 5) is 17.4. The van der Waals surface area contributed by atoms with E-state index in [0.717, 1.165) is 81.7 Å². The number of hydrogen-bond donors (Lipinski definition) is 6. The third-order valence-corrected chi connectivity index (χ3v) is 12.8. The zero-order chi connectivity index (χ0) is 39.2. The molecule has 10 nitrogen and oxygen atoms in total. The van der Waals surface area contributed by atoms with Crippen molar-refractivity contribution >= 4 is 49.4 Å². The summed E-state index contributed by atoms with van der Waals surface area (Å²) in [6.45, 7) is 8.05. The van der Waals surface area contributed by atoms with Crippen LogP contribution in [0.1, 0.15) is 73.4 Å². The Balaban J connectivity index is 0.000000136. The van der Waals surface area contributed by atoms with E-state index in [1.54, 1.807) is 6.33 Å². The molecule has 3 unspecified atom stereocenters. The number of nitrogens with two attached hydrogens (primary N) is 3. The fraction of sp³-hybridized carbons (Fsp3) is 0.419. The lowest BCUT2D eigenvalue weighted by Crippen LogP contribution is -2.51. The van der Waals surface area contributed by atoms with Crippen LogP contribution in [-0.2, 0) is 38.5 Å². The molecule has 3 heterocycles. The number of benzene rings is 3. The molecule has 12 heteroatoms. The van der Waals surface area contributed by atoms with Crippen LogP contribution in [0.3, 0.4) is 0 Å². The Bertz CT molecular complexity index is 2060. The van der Waals surface area contributed by atoms with Gasteiger partial charge in [0, 0.05) is 39.0 Å². The molecule has 0 fully saturated rings. The maximum Gasteiger partial charge on any atom is 0.115 e. The average Bonchev–Trinajstić information content (AvgIpc) is 3.71. The molecule has 290 valence electrons. The van der Waals surface area contributed by atoms with E-state index in [0.29, 0.717) is 6.54 Å². The highest BCUT2D eigenvalue weighted by molar-refractivity contribution is 9.10. The SMILES string of the molecule is CC(=N)N.CC1=NCC2(CCc3c(Br)cccc3C2)N1.CC1=NCC2(CCc3c(cccc3-c3cncnc3)C2)N1.NCC1(N)CCc2c(Br)cccc2C1. The molecule has 3 atom stereocenters. The van der Waals surface area contributed by atoms with E-state index < -0.39 is 0 Å². The third kappa shape index (κ3) is 9.89. The number of nitrogens with one attached hydrogen (secondary N) is 3.